The zero-order valence-electron chi connectivity index (χ0n) is 15.7. The molecule has 0 amide bonds. The summed E-state index contributed by atoms with van der Waals surface area (Å²) in [6.45, 7) is 4.35. The molecule has 8 heteroatoms. The minimum Gasteiger partial charge on any atom is -0.463 e. The molecule has 28 heavy (non-hydrogen) atoms. The monoisotopic (exact) mass is 420 g/mol. The Bertz CT molecular complexity index is 995. The van der Waals surface area contributed by atoms with E-state index in [1.54, 1.807) is 6.07 Å². The molecule has 0 saturated heterocycles. The molecule has 0 saturated carbocycles. The highest BCUT2D eigenvalue weighted by Gasteiger charge is 2.19. The Morgan fingerprint density at radius 1 is 1.25 bits per heavy atom. The molecule has 6 nitrogen and oxygen atoms in total. The summed E-state index contributed by atoms with van der Waals surface area (Å²) in [6.07, 6.45) is 1.72. The van der Waals surface area contributed by atoms with Crippen molar-refractivity contribution in [1.29, 1.82) is 0 Å². The van der Waals surface area contributed by atoms with E-state index >= 15 is 0 Å². The van der Waals surface area contributed by atoms with Crippen LogP contribution >= 0.6 is 22.9 Å². The third-order valence-corrected chi connectivity index (χ3v) is 5.67. The van der Waals surface area contributed by atoms with Gasteiger partial charge in [0.05, 0.1) is 18.8 Å². The van der Waals surface area contributed by atoms with Crippen molar-refractivity contribution >= 4 is 45.1 Å². The van der Waals surface area contributed by atoms with Crippen LogP contribution in [-0.2, 0) is 20.8 Å². The van der Waals surface area contributed by atoms with Crippen LogP contribution in [0.2, 0.25) is 5.02 Å². The summed E-state index contributed by atoms with van der Waals surface area (Å²) in [7, 11) is 0. The summed E-state index contributed by atoms with van der Waals surface area (Å²) >= 11 is 7.53. The van der Waals surface area contributed by atoms with Gasteiger partial charge in [0.15, 0.2) is 6.61 Å². The minimum atomic E-state index is -0.544. The van der Waals surface area contributed by atoms with Gasteiger partial charge in [-0.05, 0) is 31.0 Å². The number of carbonyl (C=O) groups is 2. The van der Waals surface area contributed by atoms with Gasteiger partial charge in [-0.1, -0.05) is 43.1 Å². The summed E-state index contributed by atoms with van der Waals surface area (Å²) in [5.74, 6) is -1.08. The van der Waals surface area contributed by atoms with Crippen molar-refractivity contribution in [3.63, 3.8) is 0 Å². The SMILES string of the molecule is CCCCOC(=O)COC(=O)c1cc2c(C)nn(Cc3ccccc3Cl)c2s1. The van der Waals surface area contributed by atoms with E-state index in [9.17, 15) is 9.59 Å². The Labute approximate surface area is 172 Å². The first-order chi connectivity index (χ1) is 13.5. The minimum absolute atomic E-state index is 0.340. The van der Waals surface area contributed by atoms with Gasteiger partial charge in [0.25, 0.3) is 0 Å². The highest BCUT2D eigenvalue weighted by atomic mass is 35.5. The number of esters is 2. The van der Waals surface area contributed by atoms with E-state index in [1.807, 2.05) is 42.8 Å². The molecule has 0 aliphatic carbocycles. The highest BCUT2D eigenvalue weighted by molar-refractivity contribution is 7.20. The first kappa shape index (κ1) is 20.4. The molecule has 3 aromatic rings. The van der Waals surface area contributed by atoms with Gasteiger partial charge in [0.2, 0.25) is 0 Å². The number of nitrogens with zero attached hydrogens (tertiary/aromatic N) is 2. The first-order valence-corrected chi connectivity index (χ1v) is 10.2. The maximum atomic E-state index is 12.3. The molecule has 3 rings (SSSR count). The zero-order chi connectivity index (χ0) is 20.1. The number of aryl methyl sites for hydroxylation is 1. The third kappa shape index (κ3) is 4.72. The van der Waals surface area contributed by atoms with Gasteiger partial charge >= 0.3 is 11.9 Å². The lowest BCUT2D eigenvalue weighted by Gasteiger charge is -2.05. The predicted octanol–water partition coefficient (Wildman–Crippen LogP) is 4.61. The molecule has 0 aliphatic heterocycles. The number of ether oxygens (including phenoxy) is 2. The van der Waals surface area contributed by atoms with Crippen molar-refractivity contribution in [3.8, 4) is 0 Å². The van der Waals surface area contributed by atoms with Gasteiger partial charge in [-0.2, -0.15) is 5.10 Å². The maximum Gasteiger partial charge on any atom is 0.348 e. The molecule has 2 heterocycles. The molecule has 1 aromatic carbocycles. The van der Waals surface area contributed by atoms with Crippen molar-refractivity contribution in [2.24, 2.45) is 0 Å². The van der Waals surface area contributed by atoms with E-state index < -0.39 is 11.9 Å². The highest BCUT2D eigenvalue weighted by Crippen LogP contribution is 2.30. The van der Waals surface area contributed by atoms with Crippen LogP contribution in [0.3, 0.4) is 0 Å². The second-order valence-electron chi connectivity index (χ2n) is 6.31. The second-order valence-corrected chi connectivity index (χ2v) is 7.75. The van der Waals surface area contributed by atoms with Crippen molar-refractivity contribution in [1.82, 2.24) is 9.78 Å². The molecule has 0 atom stereocenters. The van der Waals surface area contributed by atoms with Crippen LogP contribution in [0.4, 0.5) is 0 Å². The largest absolute Gasteiger partial charge is 0.463 e. The summed E-state index contributed by atoms with van der Waals surface area (Å²) in [5.41, 5.74) is 1.76. The third-order valence-electron chi connectivity index (χ3n) is 4.17. The predicted molar refractivity (Wildman–Crippen MR) is 109 cm³/mol. The van der Waals surface area contributed by atoms with Crippen LogP contribution in [0, 0.1) is 6.92 Å². The summed E-state index contributed by atoms with van der Waals surface area (Å²) in [6, 6.07) is 9.32. The molecular weight excluding hydrogens is 400 g/mol. The fourth-order valence-corrected chi connectivity index (χ4v) is 3.93. The topological polar surface area (TPSA) is 70.4 Å². The number of aromatic nitrogens is 2. The summed E-state index contributed by atoms with van der Waals surface area (Å²) in [5, 5.41) is 6.10. The second kappa shape index (κ2) is 9.21. The number of carbonyl (C=O) groups excluding carboxylic acids is 2. The van der Waals surface area contributed by atoms with E-state index in [2.05, 4.69) is 5.10 Å². The van der Waals surface area contributed by atoms with E-state index in [0.717, 1.165) is 34.3 Å². The van der Waals surface area contributed by atoms with Gasteiger partial charge in [-0.15, -0.1) is 11.3 Å². The Morgan fingerprint density at radius 2 is 2.04 bits per heavy atom. The van der Waals surface area contributed by atoms with Gasteiger partial charge in [0.1, 0.15) is 9.71 Å². The molecule has 0 radical (unpaired) electrons. The maximum absolute atomic E-state index is 12.3. The average molecular weight is 421 g/mol. The van der Waals surface area contributed by atoms with Gasteiger partial charge in [0, 0.05) is 10.4 Å². The number of hydrogen-bond donors (Lipinski definition) is 0. The van der Waals surface area contributed by atoms with E-state index in [1.165, 1.54) is 11.3 Å². The number of benzene rings is 1. The fraction of sp³-hybridized carbons (Fsp3) is 0.350. The van der Waals surface area contributed by atoms with Crippen LogP contribution in [0.25, 0.3) is 10.2 Å². The van der Waals surface area contributed by atoms with E-state index in [-0.39, 0.29) is 6.61 Å². The van der Waals surface area contributed by atoms with Crippen LogP contribution < -0.4 is 0 Å². The molecular formula is C20H21ClN2O4S. The smallest absolute Gasteiger partial charge is 0.348 e. The van der Waals surface area contributed by atoms with Crippen LogP contribution in [0.1, 0.15) is 40.7 Å². The summed E-state index contributed by atoms with van der Waals surface area (Å²) in [4.78, 5) is 25.2. The average Bonchev–Trinajstić information content (AvgIpc) is 3.23. The van der Waals surface area contributed by atoms with Crippen molar-refractivity contribution in [2.45, 2.75) is 33.2 Å². The number of unbranched alkanes of at least 4 members (excludes halogenated alkanes) is 1. The number of halogens is 1. The van der Waals surface area contributed by atoms with Crippen LogP contribution in [0.5, 0.6) is 0 Å². The van der Waals surface area contributed by atoms with Crippen molar-refractivity contribution < 1.29 is 19.1 Å². The van der Waals surface area contributed by atoms with Crippen LogP contribution in [-0.4, -0.2) is 34.9 Å². The lowest BCUT2D eigenvalue weighted by molar-refractivity contribution is -0.147. The number of hydrogen-bond acceptors (Lipinski definition) is 6. The number of thiophene rings is 1. The van der Waals surface area contributed by atoms with Gasteiger partial charge < -0.3 is 9.47 Å². The first-order valence-electron chi connectivity index (χ1n) is 9.02. The standard InChI is InChI=1S/C20H21ClN2O4S/c1-3-4-9-26-18(24)12-27-20(25)17-10-15-13(2)22-23(19(15)28-17)11-14-7-5-6-8-16(14)21/h5-8,10H,3-4,9,11-12H2,1-2H3. The Morgan fingerprint density at radius 3 is 2.79 bits per heavy atom. The number of fused-ring (bicyclic) bond motifs is 1. The fourth-order valence-electron chi connectivity index (χ4n) is 2.68. The molecule has 0 aliphatic rings. The van der Waals surface area contributed by atoms with Gasteiger partial charge in [-0.25, -0.2) is 9.59 Å². The zero-order valence-corrected chi connectivity index (χ0v) is 17.3. The van der Waals surface area contributed by atoms with E-state index in [4.69, 9.17) is 21.1 Å². The molecule has 0 bridgehead atoms. The molecule has 0 spiro atoms. The van der Waals surface area contributed by atoms with Crippen LogP contribution in [0.15, 0.2) is 30.3 Å². The number of rotatable bonds is 8. The lowest BCUT2D eigenvalue weighted by atomic mass is 10.2. The van der Waals surface area contributed by atoms with E-state index in [0.29, 0.717) is 23.1 Å². The Hall–Kier alpha value is -2.38. The Balaban J connectivity index is 1.71. The Kier molecular flexibility index (Phi) is 6.70. The van der Waals surface area contributed by atoms with Gasteiger partial charge in [-0.3, -0.25) is 4.68 Å². The molecule has 2 aromatic heterocycles. The van der Waals surface area contributed by atoms with Crippen molar-refractivity contribution in [2.75, 3.05) is 13.2 Å². The molecule has 0 unspecified atom stereocenters. The molecule has 0 fully saturated rings. The molecule has 0 N–H and O–H groups in total. The lowest BCUT2D eigenvalue weighted by Crippen LogP contribution is -2.16. The quantitative estimate of drug-likeness (QED) is 0.393. The molecule has 148 valence electrons. The van der Waals surface area contributed by atoms with Crippen molar-refractivity contribution in [3.05, 3.63) is 51.5 Å². The normalized spacial score (nSPS) is 11.0. The summed E-state index contributed by atoms with van der Waals surface area (Å²) < 4.78 is 11.9.